The van der Waals surface area contributed by atoms with Gasteiger partial charge in [0.2, 0.25) is 5.13 Å². The summed E-state index contributed by atoms with van der Waals surface area (Å²) in [6.45, 7) is 1.91. The molecule has 0 fully saturated rings. The Labute approximate surface area is 204 Å². The standard InChI is InChI=1S/C25H19N7O2S/c1-16-27-28-25(35-16)30-23(17-9-4-2-5-10-17)26-21-22(18-11-8-14-20(15-18)32(33)34)31(29-24(21)30)19-12-6-3-7-13-19/h2-15,21-22H,1H3/t21-,22-/m1/s1. The Hall–Kier alpha value is -4.44. The van der Waals surface area contributed by atoms with Crippen LogP contribution < -0.4 is 9.91 Å². The van der Waals surface area contributed by atoms with Crippen molar-refractivity contribution in [3.8, 4) is 0 Å². The molecule has 0 saturated heterocycles. The zero-order valence-electron chi connectivity index (χ0n) is 18.6. The lowest BCUT2D eigenvalue weighted by atomic mass is 9.98. The van der Waals surface area contributed by atoms with Gasteiger partial charge >= 0.3 is 0 Å². The molecule has 0 bridgehead atoms. The summed E-state index contributed by atoms with van der Waals surface area (Å²) in [7, 11) is 0. The van der Waals surface area contributed by atoms with Crippen molar-refractivity contribution in [3.05, 3.63) is 111 Å². The Morgan fingerprint density at radius 1 is 0.943 bits per heavy atom. The van der Waals surface area contributed by atoms with E-state index in [1.54, 1.807) is 12.1 Å². The van der Waals surface area contributed by atoms with E-state index in [4.69, 9.17) is 10.1 Å². The number of non-ortho nitro benzene ring substituents is 1. The summed E-state index contributed by atoms with van der Waals surface area (Å²) in [5.41, 5.74) is 2.60. The number of amidine groups is 2. The molecule has 3 heterocycles. The number of nitrogens with zero attached hydrogens (tertiary/aromatic N) is 7. The molecule has 35 heavy (non-hydrogen) atoms. The van der Waals surface area contributed by atoms with Crippen molar-refractivity contribution in [1.29, 1.82) is 0 Å². The zero-order valence-corrected chi connectivity index (χ0v) is 19.4. The highest BCUT2D eigenvalue weighted by atomic mass is 32.1. The van der Waals surface area contributed by atoms with Crippen LogP contribution in [-0.4, -0.2) is 32.8 Å². The number of aryl methyl sites for hydroxylation is 1. The summed E-state index contributed by atoms with van der Waals surface area (Å²) in [6.07, 6.45) is 0. The Bertz CT molecular complexity index is 1470. The minimum Gasteiger partial charge on any atom is -0.258 e. The Morgan fingerprint density at radius 2 is 1.69 bits per heavy atom. The number of nitro benzene ring substituents is 1. The lowest BCUT2D eigenvalue weighted by molar-refractivity contribution is -0.384. The number of aromatic nitrogens is 2. The molecule has 2 aliphatic heterocycles. The van der Waals surface area contributed by atoms with E-state index in [0.29, 0.717) is 11.0 Å². The second-order valence-electron chi connectivity index (χ2n) is 8.14. The highest BCUT2D eigenvalue weighted by molar-refractivity contribution is 7.15. The normalized spacial score (nSPS) is 18.9. The van der Waals surface area contributed by atoms with Gasteiger partial charge in [0.1, 0.15) is 22.9 Å². The van der Waals surface area contributed by atoms with E-state index < -0.39 is 6.04 Å². The maximum atomic E-state index is 11.5. The largest absolute Gasteiger partial charge is 0.269 e. The quantitative estimate of drug-likeness (QED) is 0.295. The van der Waals surface area contributed by atoms with Crippen LogP contribution in [0, 0.1) is 17.0 Å². The Morgan fingerprint density at radius 3 is 2.37 bits per heavy atom. The van der Waals surface area contributed by atoms with Crippen LogP contribution in [0.15, 0.2) is 95.0 Å². The molecule has 0 aliphatic carbocycles. The summed E-state index contributed by atoms with van der Waals surface area (Å²) in [5, 5.41) is 28.6. The highest BCUT2D eigenvalue weighted by Crippen LogP contribution is 2.43. The molecule has 2 aliphatic rings. The van der Waals surface area contributed by atoms with E-state index in [2.05, 4.69) is 10.2 Å². The number of hydrogen-bond acceptors (Lipinski definition) is 9. The molecule has 10 heteroatoms. The first kappa shape index (κ1) is 21.1. The van der Waals surface area contributed by atoms with Crippen LogP contribution in [0.4, 0.5) is 16.5 Å². The average Bonchev–Trinajstić information content (AvgIpc) is 3.58. The van der Waals surface area contributed by atoms with Gasteiger partial charge in [0, 0.05) is 17.7 Å². The van der Waals surface area contributed by atoms with Crippen LogP contribution in [0.3, 0.4) is 0 Å². The first-order valence-electron chi connectivity index (χ1n) is 11.0. The van der Waals surface area contributed by atoms with E-state index in [1.165, 1.54) is 17.4 Å². The van der Waals surface area contributed by atoms with Crippen molar-refractivity contribution < 1.29 is 4.92 Å². The molecule has 0 saturated carbocycles. The fraction of sp³-hybridized carbons (Fsp3) is 0.120. The summed E-state index contributed by atoms with van der Waals surface area (Å²) in [6, 6.07) is 25.6. The van der Waals surface area contributed by atoms with Gasteiger partial charge in [-0.05, 0) is 24.6 Å². The lowest BCUT2D eigenvalue weighted by Gasteiger charge is -2.26. The molecule has 3 aromatic carbocycles. The van der Waals surface area contributed by atoms with Gasteiger partial charge in [0.05, 0.1) is 10.6 Å². The number of anilines is 2. The third-order valence-corrected chi connectivity index (χ3v) is 6.75. The molecular weight excluding hydrogens is 462 g/mol. The van der Waals surface area contributed by atoms with Gasteiger partial charge in [-0.3, -0.25) is 25.0 Å². The number of nitro groups is 1. The van der Waals surface area contributed by atoms with Crippen molar-refractivity contribution in [1.82, 2.24) is 10.2 Å². The molecule has 0 N–H and O–H groups in total. The smallest absolute Gasteiger partial charge is 0.258 e. The Kier molecular flexibility index (Phi) is 5.07. The third-order valence-electron chi connectivity index (χ3n) is 5.92. The summed E-state index contributed by atoms with van der Waals surface area (Å²) in [5.74, 6) is 1.44. The summed E-state index contributed by atoms with van der Waals surface area (Å²) < 4.78 is 0. The van der Waals surface area contributed by atoms with Gasteiger partial charge < -0.3 is 0 Å². The number of hydrogen-bond donors (Lipinski definition) is 0. The highest BCUT2D eigenvalue weighted by Gasteiger charge is 2.48. The monoisotopic (exact) mass is 481 g/mol. The molecule has 172 valence electrons. The number of para-hydroxylation sites is 1. The van der Waals surface area contributed by atoms with Gasteiger partial charge in [0.15, 0.2) is 5.84 Å². The first-order chi connectivity index (χ1) is 17.1. The molecule has 4 aromatic rings. The molecule has 0 spiro atoms. The van der Waals surface area contributed by atoms with Crippen molar-refractivity contribution >= 4 is 39.5 Å². The van der Waals surface area contributed by atoms with E-state index >= 15 is 0 Å². The molecule has 6 rings (SSSR count). The fourth-order valence-corrected chi connectivity index (χ4v) is 5.11. The third kappa shape index (κ3) is 3.64. The summed E-state index contributed by atoms with van der Waals surface area (Å²) >= 11 is 1.47. The van der Waals surface area contributed by atoms with Gasteiger partial charge in [0.25, 0.3) is 5.69 Å². The average molecular weight is 482 g/mol. The van der Waals surface area contributed by atoms with Gasteiger partial charge in [-0.15, -0.1) is 10.2 Å². The fourth-order valence-electron chi connectivity index (χ4n) is 4.41. The van der Waals surface area contributed by atoms with Crippen molar-refractivity contribution in [2.75, 3.05) is 9.91 Å². The molecule has 2 atom stereocenters. The lowest BCUT2D eigenvalue weighted by Crippen LogP contribution is -2.35. The van der Waals surface area contributed by atoms with Crippen LogP contribution in [0.25, 0.3) is 0 Å². The SMILES string of the molecule is Cc1nnc(N2C(c3ccccc3)=N[C@H]3C2=NN(c2ccccc2)[C@@H]3c2cccc([N+](=O)[O-])c2)s1. The topological polar surface area (TPSA) is 100 Å². The maximum Gasteiger partial charge on any atom is 0.269 e. The Balaban J connectivity index is 1.53. The van der Waals surface area contributed by atoms with Crippen LogP contribution in [0.1, 0.15) is 22.2 Å². The number of fused-ring (bicyclic) bond motifs is 1. The molecule has 0 radical (unpaired) electrons. The second kappa shape index (κ2) is 8.41. The number of benzene rings is 3. The first-order valence-corrected chi connectivity index (χ1v) is 11.8. The molecular formula is C25H19N7O2S. The van der Waals surface area contributed by atoms with E-state index in [1.807, 2.05) is 83.6 Å². The van der Waals surface area contributed by atoms with Gasteiger partial charge in [-0.2, -0.15) is 5.10 Å². The van der Waals surface area contributed by atoms with Crippen LogP contribution in [0.5, 0.6) is 0 Å². The molecule has 9 nitrogen and oxygen atoms in total. The van der Waals surface area contributed by atoms with Crippen molar-refractivity contribution in [3.63, 3.8) is 0 Å². The number of rotatable bonds is 5. The van der Waals surface area contributed by atoms with Gasteiger partial charge in [-0.1, -0.05) is 72.0 Å². The minimum atomic E-state index is -0.392. The van der Waals surface area contributed by atoms with Gasteiger partial charge in [-0.25, -0.2) is 0 Å². The molecule has 1 aromatic heterocycles. The molecule has 0 amide bonds. The number of hydrazone groups is 1. The van der Waals surface area contributed by atoms with E-state index in [9.17, 15) is 10.1 Å². The maximum absolute atomic E-state index is 11.5. The predicted octanol–water partition coefficient (Wildman–Crippen LogP) is 4.97. The van der Waals surface area contributed by atoms with E-state index in [0.717, 1.165) is 27.7 Å². The summed E-state index contributed by atoms with van der Waals surface area (Å²) in [4.78, 5) is 18.3. The minimum absolute atomic E-state index is 0.0332. The number of aliphatic imine (C=N–C) groups is 1. The zero-order chi connectivity index (χ0) is 23.9. The van der Waals surface area contributed by atoms with Crippen LogP contribution in [0.2, 0.25) is 0 Å². The second-order valence-corrected chi connectivity index (χ2v) is 9.30. The molecule has 0 unspecified atom stereocenters. The van der Waals surface area contributed by atoms with Crippen LogP contribution >= 0.6 is 11.3 Å². The van der Waals surface area contributed by atoms with E-state index in [-0.39, 0.29) is 16.7 Å². The van der Waals surface area contributed by atoms with Crippen LogP contribution in [-0.2, 0) is 0 Å². The van der Waals surface area contributed by atoms with Crippen molar-refractivity contribution in [2.45, 2.75) is 19.0 Å². The van der Waals surface area contributed by atoms with Crippen molar-refractivity contribution in [2.24, 2.45) is 10.1 Å². The predicted molar refractivity (Wildman–Crippen MR) is 136 cm³/mol.